The molecule has 0 radical (unpaired) electrons. The van der Waals surface area contributed by atoms with Gasteiger partial charge in [-0.15, -0.1) is 0 Å². The summed E-state index contributed by atoms with van der Waals surface area (Å²) in [5.41, 5.74) is 8.18. The topological polar surface area (TPSA) is 52.3 Å². The quantitative estimate of drug-likeness (QED) is 0.828. The van der Waals surface area contributed by atoms with E-state index in [1.54, 1.807) is 0 Å². The van der Waals surface area contributed by atoms with E-state index < -0.39 is 0 Å². The van der Waals surface area contributed by atoms with Crippen molar-refractivity contribution in [1.29, 1.82) is 0 Å². The van der Waals surface area contributed by atoms with Gasteiger partial charge in [-0.05, 0) is 50.2 Å². The lowest BCUT2D eigenvalue weighted by Gasteiger charge is -2.25. The molecule has 0 aromatic heterocycles. The van der Waals surface area contributed by atoms with Crippen molar-refractivity contribution < 1.29 is 9.53 Å². The van der Waals surface area contributed by atoms with E-state index in [9.17, 15) is 4.79 Å². The van der Waals surface area contributed by atoms with Gasteiger partial charge in [0, 0.05) is 12.5 Å². The Morgan fingerprint density at radius 1 is 1.47 bits per heavy atom. The minimum absolute atomic E-state index is 0.0484. The first kappa shape index (κ1) is 14.1. The monoisotopic (exact) mass is 261 g/mol. The van der Waals surface area contributed by atoms with Crippen molar-refractivity contribution in [2.45, 2.75) is 57.6 Å². The maximum absolute atomic E-state index is 11.8. The van der Waals surface area contributed by atoms with Gasteiger partial charge in [-0.2, -0.15) is 0 Å². The van der Waals surface area contributed by atoms with Crippen LogP contribution in [0, 0.1) is 0 Å². The van der Waals surface area contributed by atoms with Gasteiger partial charge in [-0.3, -0.25) is 4.79 Å². The molecule has 0 spiro atoms. The second-order valence-electron chi connectivity index (χ2n) is 5.44. The Hall–Kier alpha value is -1.35. The number of esters is 1. The number of benzene rings is 1. The number of rotatable bonds is 5. The predicted molar refractivity (Wildman–Crippen MR) is 75.7 cm³/mol. The van der Waals surface area contributed by atoms with Gasteiger partial charge < -0.3 is 10.5 Å². The lowest BCUT2D eigenvalue weighted by Crippen LogP contribution is -2.18. The maximum Gasteiger partial charge on any atom is 0.306 e. The fraction of sp³-hybridized carbons (Fsp3) is 0.562. The molecule has 1 aliphatic carbocycles. The first-order chi connectivity index (χ1) is 9.16. The van der Waals surface area contributed by atoms with Gasteiger partial charge >= 0.3 is 5.97 Å². The molecule has 1 aromatic rings. The third-order valence-electron chi connectivity index (χ3n) is 3.63. The Labute approximate surface area is 115 Å². The van der Waals surface area contributed by atoms with E-state index in [0.29, 0.717) is 6.42 Å². The molecule has 1 aromatic carbocycles. The van der Waals surface area contributed by atoms with E-state index >= 15 is 0 Å². The van der Waals surface area contributed by atoms with Crippen molar-refractivity contribution in [2.75, 3.05) is 0 Å². The van der Waals surface area contributed by atoms with Gasteiger partial charge in [-0.1, -0.05) is 24.3 Å². The van der Waals surface area contributed by atoms with Crippen LogP contribution in [0.2, 0.25) is 0 Å². The summed E-state index contributed by atoms with van der Waals surface area (Å²) < 4.78 is 5.62. The van der Waals surface area contributed by atoms with E-state index in [1.165, 1.54) is 11.1 Å². The number of hydrogen-bond donors (Lipinski definition) is 1. The molecule has 2 atom stereocenters. The standard InChI is InChI=1S/C16H23NO2/c1-12(17)6-4-11-16(18)19-15-10-5-8-13-7-2-3-9-14(13)15/h2-3,7,9,12,15H,4-6,8,10-11,17H2,1H3. The van der Waals surface area contributed by atoms with Gasteiger partial charge in [-0.25, -0.2) is 0 Å². The third-order valence-corrected chi connectivity index (χ3v) is 3.63. The predicted octanol–water partition coefficient (Wildman–Crippen LogP) is 3.12. The summed E-state index contributed by atoms with van der Waals surface area (Å²) in [6, 6.07) is 8.43. The molecule has 0 amide bonds. The number of carbonyl (C=O) groups excluding carboxylic acids is 1. The van der Waals surface area contributed by atoms with Crippen LogP contribution in [0.25, 0.3) is 0 Å². The number of nitrogens with two attached hydrogens (primary N) is 1. The zero-order valence-electron chi connectivity index (χ0n) is 11.6. The summed E-state index contributed by atoms with van der Waals surface area (Å²) in [4.78, 5) is 11.8. The van der Waals surface area contributed by atoms with Crippen molar-refractivity contribution in [3.63, 3.8) is 0 Å². The average molecular weight is 261 g/mol. The highest BCUT2D eigenvalue weighted by Crippen LogP contribution is 2.32. The molecule has 1 aliphatic rings. The molecule has 3 heteroatoms. The highest BCUT2D eigenvalue weighted by Gasteiger charge is 2.22. The van der Waals surface area contributed by atoms with E-state index in [0.717, 1.165) is 32.1 Å². The summed E-state index contributed by atoms with van der Waals surface area (Å²) in [6.45, 7) is 1.96. The van der Waals surface area contributed by atoms with Gasteiger partial charge in [0.15, 0.2) is 0 Å². The van der Waals surface area contributed by atoms with Crippen molar-refractivity contribution in [2.24, 2.45) is 5.73 Å². The Morgan fingerprint density at radius 2 is 2.26 bits per heavy atom. The second kappa shape index (κ2) is 6.71. The van der Waals surface area contributed by atoms with Crippen LogP contribution in [0.15, 0.2) is 24.3 Å². The zero-order valence-corrected chi connectivity index (χ0v) is 11.6. The summed E-state index contributed by atoms with van der Waals surface area (Å²) >= 11 is 0. The molecular weight excluding hydrogens is 238 g/mol. The molecule has 0 saturated heterocycles. The minimum Gasteiger partial charge on any atom is -0.457 e. The largest absolute Gasteiger partial charge is 0.457 e. The number of hydrogen-bond acceptors (Lipinski definition) is 3. The number of aryl methyl sites for hydroxylation is 1. The first-order valence-corrected chi connectivity index (χ1v) is 7.19. The van der Waals surface area contributed by atoms with Crippen LogP contribution < -0.4 is 5.73 Å². The lowest BCUT2D eigenvalue weighted by atomic mass is 9.89. The summed E-state index contributed by atoms with van der Waals surface area (Å²) in [6.07, 6.45) is 5.23. The molecular formula is C16H23NO2. The molecule has 0 aliphatic heterocycles. The number of carbonyl (C=O) groups is 1. The Kier molecular flexibility index (Phi) is 4.97. The summed E-state index contributed by atoms with van der Waals surface area (Å²) in [7, 11) is 0. The van der Waals surface area contributed by atoms with E-state index in [2.05, 4.69) is 12.1 Å². The molecule has 0 bridgehead atoms. The lowest BCUT2D eigenvalue weighted by molar-refractivity contribution is -0.150. The van der Waals surface area contributed by atoms with E-state index in [1.807, 2.05) is 19.1 Å². The molecule has 2 rings (SSSR count). The smallest absolute Gasteiger partial charge is 0.306 e. The average Bonchev–Trinajstić information content (AvgIpc) is 2.39. The number of ether oxygens (including phenoxy) is 1. The Balaban J connectivity index is 1.88. The summed E-state index contributed by atoms with van der Waals surface area (Å²) in [5, 5.41) is 0. The molecule has 0 heterocycles. The molecule has 104 valence electrons. The molecule has 2 unspecified atom stereocenters. The third kappa shape index (κ3) is 4.06. The number of fused-ring (bicyclic) bond motifs is 1. The van der Waals surface area contributed by atoms with Crippen LogP contribution in [0.1, 0.15) is 56.3 Å². The maximum atomic E-state index is 11.8. The zero-order chi connectivity index (χ0) is 13.7. The Bertz CT molecular complexity index is 429. The van der Waals surface area contributed by atoms with Crippen LogP contribution in [0.5, 0.6) is 0 Å². The second-order valence-corrected chi connectivity index (χ2v) is 5.44. The van der Waals surface area contributed by atoms with E-state index in [-0.39, 0.29) is 18.1 Å². The molecule has 19 heavy (non-hydrogen) atoms. The van der Waals surface area contributed by atoms with Crippen molar-refractivity contribution in [3.8, 4) is 0 Å². The highest BCUT2D eigenvalue weighted by atomic mass is 16.5. The molecule has 0 fully saturated rings. The van der Waals surface area contributed by atoms with Crippen molar-refractivity contribution >= 4 is 5.97 Å². The molecule has 3 nitrogen and oxygen atoms in total. The molecule has 2 N–H and O–H groups in total. The fourth-order valence-corrected chi connectivity index (χ4v) is 2.62. The van der Waals surface area contributed by atoms with Gasteiger partial charge in [0.1, 0.15) is 6.10 Å². The van der Waals surface area contributed by atoms with Crippen molar-refractivity contribution in [3.05, 3.63) is 35.4 Å². The summed E-state index contributed by atoms with van der Waals surface area (Å²) in [5.74, 6) is -0.0950. The minimum atomic E-state index is -0.0950. The highest BCUT2D eigenvalue weighted by molar-refractivity contribution is 5.69. The first-order valence-electron chi connectivity index (χ1n) is 7.19. The van der Waals surface area contributed by atoms with Crippen LogP contribution in [0.4, 0.5) is 0 Å². The van der Waals surface area contributed by atoms with Gasteiger partial charge in [0.2, 0.25) is 0 Å². The normalized spacial score (nSPS) is 19.6. The van der Waals surface area contributed by atoms with Crippen LogP contribution in [0.3, 0.4) is 0 Å². The van der Waals surface area contributed by atoms with Gasteiger partial charge in [0.25, 0.3) is 0 Å². The van der Waals surface area contributed by atoms with Gasteiger partial charge in [0.05, 0.1) is 0 Å². The van der Waals surface area contributed by atoms with Crippen LogP contribution >= 0.6 is 0 Å². The van der Waals surface area contributed by atoms with Crippen molar-refractivity contribution in [1.82, 2.24) is 0 Å². The van der Waals surface area contributed by atoms with Crippen LogP contribution in [-0.4, -0.2) is 12.0 Å². The SMILES string of the molecule is CC(N)CCCC(=O)OC1CCCc2ccccc21. The fourth-order valence-electron chi connectivity index (χ4n) is 2.62. The van der Waals surface area contributed by atoms with E-state index in [4.69, 9.17) is 10.5 Å². The molecule has 0 saturated carbocycles. The Morgan fingerprint density at radius 3 is 3.05 bits per heavy atom. The van der Waals surface area contributed by atoms with Crippen LogP contribution in [-0.2, 0) is 16.0 Å².